The van der Waals surface area contributed by atoms with Crippen LogP contribution in [0.3, 0.4) is 0 Å². The third kappa shape index (κ3) is 3.13. The molecule has 0 amide bonds. The van der Waals surface area contributed by atoms with Gasteiger partial charge in [-0.3, -0.25) is 4.79 Å². The number of carboxylic acid groups (broad SMARTS) is 1. The summed E-state index contributed by atoms with van der Waals surface area (Å²) in [5.41, 5.74) is 0.990. The number of aliphatic carboxylic acids is 1. The number of aryl methyl sites for hydroxylation is 1. The van der Waals surface area contributed by atoms with Gasteiger partial charge in [0, 0.05) is 6.07 Å². The number of rotatable bonds is 6. The first kappa shape index (κ1) is 14.0. The highest BCUT2D eigenvalue weighted by Crippen LogP contribution is 2.43. The first-order valence-corrected chi connectivity index (χ1v) is 6.57. The Labute approximate surface area is 117 Å². The van der Waals surface area contributed by atoms with Gasteiger partial charge in [-0.2, -0.15) is 0 Å². The molecule has 0 aromatic heterocycles. The van der Waals surface area contributed by atoms with Gasteiger partial charge < -0.3 is 14.6 Å². The number of benzene rings is 1. The summed E-state index contributed by atoms with van der Waals surface area (Å²) in [6.07, 6.45) is 2.39. The second-order valence-electron chi connectivity index (χ2n) is 4.78. The van der Waals surface area contributed by atoms with Crippen LogP contribution in [-0.4, -0.2) is 25.3 Å². The van der Waals surface area contributed by atoms with Crippen LogP contribution in [-0.2, 0) is 11.2 Å². The second-order valence-corrected chi connectivity index (χ2v) is 5.18. The average Bonchev–Trinajstić information content (AvgIpc) is 3.16. The van der Waals surface area contributed by atoms with Crippen molar-refractivity contribution < 1.29 is 19.4 Å². The van der Waals surface area contributed by atoms with Crippen LogP contribution in [0.5, 0.6) is 11.5 Å². The minimum Gasteiger partial charge on any atom is -0.496 e. The zero-order valence-electron chi connectivity index (χ0n) is 11.0. The molecule has 1 aromatic rings. The summed E-state index contributed by atoms with van der Waals surface area (Å²) in [4.78, 5) is 10.8. The van der Waals surface area contributed by atoms with Crippen LogP contribution in [0.15, 0.2) is 12.1 Å². The lowest BCUT2D eigenvalue weighted by atomic mass is 10.1. The van der Waals surface area contributed by atoms with E-state index in [0.717, 1.165) is 30.6 Å². The lowest BCUT2D eigenvalue weighted by molar-refractivity contribution is -0.138. The van der Waals surface area contributed by atoms with Gasteiger partial charge in [0.1, 0.15) is 11.5 Å². The van der Waals surface area contributed by atoms with Crippen molar-refractivity contribution in [2.45, 2.75) is 19.3 Å². The molecule has 1 aromatic carbocycles. The van der Waals surface area contributed by atoms with Crippen molar-refractivity contribution >= 4 is 17.6 Å². The van der Waals surface area contributed by atoms with Gasteiger partial charge in [-0.1, -0.05) is 11.6 Å². The van der Waals surface area contributed by atoms with Crippen LogP contribution in [0.2, 0.25) is 5.02 Å². The van der Waals surface area contributed by atoms with Gasteiger partial charge in [0.2, 0.25) is 0 Å². The molecule has 0 heterocycles. The maximum atomic E-state index is 10.8. The van der Waals surface area contributed by atoms with Gasteiger partial charge in [0.15, 0.2) is 0 Å². The van der Waals surface area contributed by atoms with Crippen molar-refractivity contribution in [1.29, 1.82) is 0 Å². The molecule has 0 saturated heterocycles. The van der Waals surface area contributed by atoms with Gasteiger partial charge in [-0.25, -0.2) is 0 Å². The largest absolute Gasteiger partial charge is 0.496 e. The molecular formula is C14H17ClO4. The van der Waals surface area contributed by atoms with E-state index in [2.05, 4.69) is 0 Å². The minimum absolute atomic E-state index is 0.167. The van der Waals surface area contributed by atoms with Crippen molar-refractivity contribution in [2.24, 2.45) is 11.8 Å². The molecule has 0 bridgehead atoms. The summed E-state index contributed by atoms with van der Waals surface area (Å²) in [6, 6.07) is 3.59. The highest BCUT2D eigenvalue weighted by Gasteiger charge is 2.42. The van der Waals surface area contributed by atoms with Crippen LogP contribution in [0, 0.1) is 11.8 Å². The fourth-order valence-electron chi connectivity index (χ4n) is 2.33. The SMILES string of the molecule is COc1cc(OC)c(CCC2CC2C(=O)O)cc1Cl. The Kier molecular flexibility index (Phi) is 4.20. The number of hydrogen-bond donors (Lipinski definition) is 1. The van der Waals surface area contributed by atoms with E-state index < -0.39 is 5.97 Å². The molecule has 2 rings (SSSR count). The molecule has 19 heavy (non-hydrogen) atoms. The lowest BCUT2D eigenvalue weighted by Crippen LogP contribution is -2.01. The van der Waals surface area contributed by atoms with Gasteiger partial charge >= 0.3 is 5.97 Å². The highest BCUT2D eigenvalue weighted by atomic mass is 35.5. The molecular weight excluding hydrogens is 268 g/mol. The third-order valence-electron chi connectivity index (χ3n) is 3.58. The predicted octanol–water partition coefficient (Wildman–Crippen LogP) is 3.01. The summed E-state index contributed by atoms with van der Waals surface area (Å²) >= 11 is 6.09. The van der Waals surface area contributed by atoms with E-state index in [-0.39, 0.29) is 11.8 Å². The van der Waals surface area contributed by atoms with Crippen LogP contribution in [0.25, 0.3) is 0 Å². The second kappa shape index (κ2) is 5.70. The molecule has 0 aliphatic heterocycles. The Balaban J connectivity index is 2.04. The van der Waals surface area contributed by atoms with Crippen molar-refractivity contribution in [1.82, 2.24) is 0 Å². The van der Waals surface area contributed by atoms with Gasteiger partial charge in [-0.15, -0.1) is 0 Å². The van der Waals surface area contributed by atoms with E-state index in [4.69, 9.17) is 26.2 Å². The van der Waals surface area contributed by atoms with E-state index in [1.54, 1.807) is 20.3 Å². The molecule has 2 unspecified atom stereocenters. The number of carbonyl (C=O) groups is 1. The summed E-state index contributed by atoms with van der Waals surface area (Å²) in [5.74, 6) is 0.735. The zero-order chi connectivity index (χ0) is 14.0. The lowest BCUT2D eigenvalue weighted by Gasteiger charge is -2.12. The fraction of sp³-hybridized carbons (Fsp3) is 0.500. The molecule has 104 valence electrons. The summed E-state index contributed by atoms with van der Waals surface area (Å²) in [6.45, 7) is 0. The Bertz CT molecular complexity index is 487. The van der Waals surface area contributed by atoms with Crippen LogP contribution < -0.4 is 9.47 Å². The fourth-order valence-corrected chi connectivity index (χ4v) is 2.59. The molecule has 1 aliphatic carbocycles. The van der Waals surface area contributed by atoms with E-state index in [1.807, 2.05) is 6.07 Å². The summed E-state index contributed by atoms with van der Waals surface area (Å²) in [5, 5.41) is 9.42. The molecule has 0 spiro atoms. The van der Waals surface area contributed by atoms with Crippen LogP contribution in [0.1, 0.15) is 18.4 Å². The Morgan fingerprint density at radius 3 is 2.58 bits per heavy atom. The number of halogens is 1. The van der Waals surface area contributed by atoms with E-state index in [0.29, 0.717) is 10.8 Å². The first-order valence-electron chi connectivity index (χ1n) is 6.20. The molecule has 1 fully saturated rings. The normalized spacial score (nSPS) is 21.0. The number of carboxylic acids is 1. The molecule has 0 radical (unpaired) electrons. The van der Waals surface area contributed by atoms with Gasteiger partial charge in [0.25, 0.3) is 0 Å². The van der Waals surface area contributed by atoms with Crippen molar-refractivity contribution in [2.75, 3.05) is 14.2 Å². The summed E-state index contributed by atoms with van der Waals surface area (Å²) in [7, 11) is 3.16. The smallest absolute Gasteiger partial charge is 0.306 e. The highest BCUT2D eigenvalue weighted by molar-refractivity contribution is 6.32. The monoisotopic (exact) mass is 284 g/mol. The number of methoxy groups -OCH3 is 2. The standard InChI is InChI=1S/C14H17ClO4/c1-18-12-7-13(19-2)11(15)6-9(12)4-3-8-5-10(8)14(16)17/h6-8,10H,3-5H2,1-2H3,(H,16,17). The van der Waals surface area contributed by atoms with Gasteiger partial charge in [0.05, 0.1) is 25.2 Å². The Morgan fingerprint density at radius 2 is 2.05 bits per heavy atom. The van der Waals surface area contributed by atoms with Crippen LogP contribution >= 0.6 is 11.6 Å². The van der Waals surface area contributed by atoms with Crippen molar-refractivity contribution in [3.8, 4) is 11.5 Å². The maximum Gasteiger partial charge on any atom is 0.306 e. The molecule has 4 nitrogen and oxygen atoms in total. The average molecular weight is 285 g/mol. The van der Waals surface area contributed by atoms with E-state index in [9.17, 15) is 4.79 Å². The minimum atomic E-state index is -0.690. The molecule has 2 atom stereocenters. The van der Waals surface area contributed by atoms with E-state index >= 15 is 0 Å². The Morgan fingerprint density at radius 1 is 1.37 bits per heavy atom. The summed E-state index contributed by atoms with van der Waals surface area (Å²) < 4.78 is 10.5. The zero-order valence-corrected chi connectivity index (χ0v) is 11.7. The van der Waals surface area contributed by atoms with Gasteiger partial charge in [-0.05, 0) is 36.8 Å². The molecule has 1 N–H and O–H groups in total. The number of ether oxygens (including phenoxy) is 2. The van der Waals surface area contributed by atoms with Crippen molar-refractivity contribution in [3.63, 3.8) is 0 Å². The first-order chi connectivity index (χ1) is 9.06. The number of hydrogen-bond acceptors (Lipinski definition) is 3. The molecule has 1 aliphatic rings. The molecule has 5 heteroatoms. The van der Waals surface area contributed by atoms with Crippen molar-refractivity contribution in [3.05, 3.63) is 22.7 Å². The maximum absolute atomic E-state index is 10.8. The third-order valence-corrected chi connectivity index (χ3v) is 3.87. The van der Waals surface area contributed by atoms with E-state index in [1.165, 1.54) is 0 Å². The quantitative estimate of drug-likeness (QED) is 0.872. The van der Waals surface area contributed by atoms with Crippen LogP contribution in [0.4, 0.5) is 0 Å². The Hall–Kier alpha value is -1.42. The topological polar surface area (TPSA) is 55.8 Å². The molecule has 1 saturated carbocycles. The predicted molar refractivity (Wildman–Crippen MR) is 72.1 cm³/mol.